The van der Waals surface area contributed by atoms with Crippen molar-refractivity contribution in [2.75, 3.05) is 5.21 Å². The van der Waals surface area contributed by atoms with Gasteiger partial charge in [0.1, 0.15) is 0 Å². The molecular weight excluding hydrogens is 241 g/mol. The van der Waals surface area contributed by atoms with Gasteiger partial charge in [-0.1, -0.05) is 10.5 Å². The molecule has 0 aliphatic carbocycles. The van der Waals surface area contributed by atoms with Crippen LogP contribution in [-0.2, 0) is 0 Å². The summed E-state index contributed by atoms with van der Waals surface area (Å²) in [6, 6.07) is 4.65. The number of benzene rings is 1. The topological polar surface area (TPSA) is 37.4 Å². The number of fused-ring (bicyclic) bond motifs is 1. The van der Waals surface area contributed by atoms with E-state index in [1.54, 1.807) is 12.1 Å². The molecule has 2 amide bonds. The SMILES string of the molecule is O=C1c2cccc(SCCl)c2C(=O)N1F. The van der Waals surface area contributed by atoms with E-state index in [2.05, 4.69) is 0 Å². The van der Waals surface area contributed by atoms with E-state index >= 15 is 0 Å². The van der Waals surface area contributed by atoms with E-state index in [1.807, 2.05) is 0 Å². The van der Waals surface area contributed by atoms with Gasteiger partial charge in [0.2, 0.25) is 0 Å². The number of alkyl halides is 1. The third-order valence-electron chi connectivity index (χ3n) is 2.04. The molecule has 1 aliphatic rings. The number of thioether (sulfide) groups is 1. The zero-order chi connectivity index (χ0) is 11.0. The molecule has 1 aromatic carbocycles. The molecule has 0 atom stereocenters. The number of carbonyl (C=O) groups excluding carboxylic acids is 2. The van der Waals surface area contributed by atoms with Gasteiger partial charge >= 0.3 is 0 Å². The molecule has 0 bridgehead atoms. The van der Waals surface area contributed by atoms with Crippen LogP contribution in [0.4, 0.5) is 4.48 Å². The van der Waals surface area contributed by atoms with Gasteiger partial charge in [-0.15, -0.1) is 28.5 Å². The summed E-state index contributed by atoms with van der Waals surface area (Å²) in [7, 11) is 0. The molecule has 0 radical (unpaired) electrons. The van der Waals surface area contributed by atoms with Crippen molar-refractivity contribution in [1.82, 2.24) is 5.12 Å². The molecule has 0 saturated carbocycles. The first-order valence-corrected chi connectivity index (χ1v) is 5.55. The lowest BCUT2D eigenvalue weighted by Gasteiger charge is -2.01. The van der Waals surface area contributed by atoms with Gasteiger partial charge in [-0.05, 0) is 12.1 Å². The molecule has 0 spiro atoms. The van der Waals surface area contributed by atoms with E-state index in [0.29, 0.717) is 4.90 Å². The van der Waals surface area contributed by atoms with Crippen LogP contribution < -0.4 is 0 Å². The van der Waals surface area contributed by atoms with Crippen molar-refractivity contribution in [1.29, 1.82) is 0 Å². The van der Waals surface area contributed by atoms with Crippen LogP contribution in [0.5, 0.6) is 0 Å². The molecule has 15 heavy (non-hydrogen) atoms. The van der Waals surface area contributed by atoms with Crippen LogP contribution in [0.25, 0.3) is 0 Å². The lowest BCUT2D eigenvalue weighted by atomic mass is 10.1. The normalized spacial score (nSPS) is 14.7. The van der Waals surface area contributed by atoms with Crippen LogP contribution in [0.15, 0.2) is 23.1 Å². The summed E-state index contributed by atoms with van der Waals surface area (Å²) in [4.78, 5) is 23.2. The Hall–Kier alpha value is -1.07. The van der Waals surface area contributed by atoms with E-state index in [4.69, 9.17) is 11.6 Å². The number of halogens is 2. The molecule has 1 heterocycles. The third-order valence-corrected chi connectivity index (χ3v) is 3.12. The largest absolute Gasteiger partial charge is 0.291 e. The van der Waals surface area contributed by atoms with Crippen LogP contribution in [0.1, 0.15) is 20.7 Å². The summed E-state index contributed by atoms with van der Waals surface area (Å²) in [6.45, 7) is 0. The van der Waals surface area contributed by atoms with Gasteiger partial charge in [0.15, 0.2) is 0 Å². The monoisotopic (exact) mass is 245 g/mol. The number of hydrogen-bond donors (Lipinski definition) is 0. The van der Waals surface area contributed by atoms with E-state index in [9.17, 15) is 14.1 Å². The number of hydrogen-bond acceptors (Lipinski definition) is 3. The van der Waals surface area contributed by atoms with Gasteiger partial charge in [0.05, 0.1) is 16.3 Å². The maximum atomic E-state index is 13.0. The fourth-order valence-corrected chi connectivity index (χ4v) is 2.39. The van der Waals surface area contributed by atoms with Crippen molar-refractivity contribution in [2.24, 2.45) is 0 Å². The summed E-state index contributed by atoms with van der Waals surface area (Å²) >= 11 is 6.71. The molecule has 1 aliphatic heterocycles. The third kappa shape index (κ3) is 1.52. The molecule has 6 heteroatoms. The first-order chi connectivity index (χ1) is 7.16. The molecule has 1 aromatic rings. The Morgan fingerprint density at radius 2 is 2.07 bits per heavy atom. The van der Waals surface area contributed by atoms with Gasteiger partial charge in [-0.3, -0.25) is 9.59 Å². The second kappa shape index (κ2) is 3.83. The summed E-state index contributed by atoms with van der Waals surface area (Å²) in [5.74, 6) is -1.82. The number of imide groups is 1. The highest BCUT2D eigenvalue weighted by atomic mass is 35.5. The Labute approximate surface area is 94.1 Å². The number of carbonyl (C=O) groups is 2. The van der Waals surface area contributed by atoms with Gasteiger partial charge in [0, 0.05) is 4.90 Å². The van der Waals surface area contributed by atoms with Crippen molar-refractivity contribution in [2.45, 2.75) is 4.90 Å². The average Bonchev–Trinajstić information content (AvgIpc) is 2.46. The highest BCUT2D eigenvalue weighted by molar-refractivity contribution is 8.00. The highest BCUT2D eigenvalue weighted by Crippen LogP contribution is 2.32. The molecule has 0 N–H and O–H groups in total. The van der Waals surface area contributed by atoms with Crippen LogP contribution in [-0.4, -0.2) is 22.1 Å². The molecule has 0 fully saturated rings. The molecule has 78 valence electrons. The first kappa shape index (κ1) is 10.4. The smallest absolute Gasteiger partial charge is 0.266 e. The predicted octanol–water partition coefficient (Wildman–Crippen LogP) is 2.46. The zero-order valence-electron chi connectivity index (χ0n) is 7.37. The van der Waals surface area contributed by atoms with Crippen LogP contribution in [0, 0.1) is 0 Å². The Morgan fingerprint density at radius 3 is 2.73 bits per heavy atom. The van der Waals surface area contributed by atoms with E-state index in [0.717, 1.165) is 0 Å². The van der Waals surface area contributed by atoms with E-state index < -0.39 is 11.8 Å². The second-order valence-corrected chi connectivity index (χ2v) is 4.42. The van der Waals surface area contributed by atoms with Crippen molar-refractivity contribution in [3.8, 4) is 0 Å². The number of rotatable bonds is 2. The fraction of sp³-hybridized carbons (Fsp3) is 0.111. The Kier molecular flexibility index (Phi) is 2.67. The molecular formula is C9H5ClFNO2S. The Balaban J connectivity index is 2.58. The average molecular weight is 246 g/mol. The standard InChI is InChI=1S/C9H5ClFNO2S/c10-4-15-6-3-1-2-5-7(6)9(14)12(11)8(5)13/h1-3H,4H2. The Morgan fingerprint density at radius 1 is 1.33 bits per heavy atom. The summed E-state index contributed by atoms with van der Waals surface area (Å²) in [5, 5.41) is -0.132. The van der Waals surface area contributed by atoms with Crippen LogP contribution >= 0.6 is 23.4 Å². The van der Waals surface area contributed by atoms with Gasteiger partial charge in [-0.25, -0.2) is 0 Å². The minimum Gasteiger partial charge on any atom is -0.266 e. The van der Waals surface area contributed by atoms with Crippen molar-refractivity contribution in [3.05, 3.63) is 29.3 Å². The van der Waals surface area contributed by atoms with Crippen molar-refractivity contribution in [3.63, 3.8) is 0 Å². The Bertz CT molecular complexity index is 452. The predicted molar refractivity (Wildman–Crippen MR) is 54.6 cm³/mol. The molecule has 0 unspecified atom stereocenters. The summed E-state index contributed by atoms with van der Waals surface area (Å²) in [5.41, 5.74) is 0.202. The zero-order valence-corrected chi connectivity index (χ0v) is 8.94. The first-order valence-electron chi connectivity index (χ1n) is 4.03. The summed E-state index contributed by atoms with van der Waals surface area (Å²) in [6.07, 6.45) is 0. The maximum Gasteiger partial charge on any atom is 0.291 e. The van der Waals surface area contributed by atoms with Gasteiger partial charge in [0.25, 0.3) is 11.8 Å². The highest BCUT2D eigenvalue weighted by Gasteiger charge is 2.38. The molecule has 2 rings (SSSR count). The fourth-order valence-electron chi connectivity index (χ4n) is 1.41. The number of nitrogens with zero attached hydrogens (tertiary/aromatic N) is 1. The van der Waals surface area contributed by atoms with E-state index in [1.165, 1.54) is 17.8 Å². The van der Waals surface area contributed by atoms with Crippen LogP contribution in [0.3, 0.4) is 0 Å². The quantitative estimate of drug-likeness (QED) is 0.348. The number of amides is 2. The maximum absolute atomic E-state index is 13.0. The van der Waals surface area contributed by atoms with Gasteiger partial charge in [-0.2, -0.15) is 0 Å². The van der Waals surface area contributed by atoms with Gasteiger partial charge < -0.3 is 0 Å². The lowest BCUT2D eigenvalue weighted by Crippen LogP contribution is -2.19. The van der Waals surface area contributed by atoms with Crippen LogP contribution in [0.2, 0.25) is 0 Å². The van der Waals surface area contributed by atoms with E-state index in [-0.39, 0.29) is 21.5 Å². The minimum absolute atomic E-state index is 0.0950. The van der Waals surface area contributed by atoms with Crippen molar-refractivity contribution >= 4 is 35.2 Å². The lowest BCUT2D eigenvalue weighted by molar-refractivity contribution is 0.0228. The van der Waals surface area contributed by atoms with Crippen molar-refractivity contribution < 1.29 is 14.1 Å². The minimum atomic E-state index is -0.914. The summed E-state index contributed by atoms with van der Waals surface area (Å²) < 4.78 is 13.0. The molecule has 3 nitrogen and oxygen atoms in total. The second-order valence-electron chi connectivity index (χ2n) is 2.82. The molecule has 0 saturated heterocycles. The molecule has 0 aromatic heterocycles.